The van der Waals surface area contributed by atoms with E-state index < -0.39 is 11.1 Å². The molecule has 1 unspecified atom stereocenters. The summed E-state index contributed by atoms with van der Waals surface area (Å²) in [5.74, 6) is 0.769. The minimum absolute atomic E-state index is 0.326. The van der Waals surface area contributed by atoms with Gasteiger partial charge in [-0.3, -0.25) is 4.21 Å². The topological polar surface area (TPSA) is 49.4 Å². The molecule has 26 heavy (non-hydrogen) atoms. The maximum Gasteiger partial charge on any atom is 0.127 e. The summed E-state index contributed by atoms with van der Waals surface area (Å²) < 4.78 is 28.6. The SMILES string of the molecule is CCCCCCCCCCCCOc1ccc(S(=O)[O-])c2ccccc12. The first-order valence-electron chi connectivity index (χ1n) is 9.98. The minimum atomic E-state index is -2.23. The molecule has 0 fully saturated rings. The van der Waals surface area contributed by atoms with Crippen molar-refractivity contribution in [1.29, 1.82) is 0 Å². The molecule has 2 aromatic rings. The standard InChI is InChI=1S/C22H32O3S/c1-2-3-4-5-6-7-8-9-10-13-18-25-21-16-17-22(26(23)24)20-15-12-11-14-19(20)21/h11-12,14-17H,2-10,13,18H2,1H3,(H,23,24)/p-1. The zero-order valence-corrected chi connectivity index (χ0v) is 16.7. The second kappa shape index (κ2) is 12.1. The van der Waals surface area contributed by atoms with Crippen LogP contribution in [0.15, 0.2) is 41.3 Å². The predicted octanol–water partition coefficient (Wildman–Crippen LogP) is 6.38. The van der Waals surface area contributed by atoms with Crippen LogP contribution in [0.25, 0.3) is 10.8 Å². The molecule has 0 saturated carbocycles. The highest BCUT2D eigenvalue weighted by molar-refractivity contribution is 7.79. The second-order valence-corrected chi connectivity index (χ2v) is 7.78. The van der Waals surface area contributed by atoms with Gasteiger partial charge in [-0.05, 0) is 29.6 Å². The summed E-state index contributed by atoms with van der Waals surface area (Å²) in [6, 6.07) is 10.9. The van der Waals surface area contributed by atoms with Crippen molar-refractivity contribution in [2.24, 2.45) is 0 Å². The van der Waals surface area contributed by atoms with Crippen molar-refractivity contribution >= 4 is 21.9 Å². The van der Waals surface area contributed by atoms with E-state index in [2.05, 4.69) is 6.92 Å². The summed E-state index contributed by atoms with van der Waals surface area (Å²) in [5, 5.41) is 1.59. The molecule has 0 heterocycles. The van der Waals surface area contributed by atoms with Crippen LogP contribution in [0.5, 0.6) is 5.75 Å². The fourth-order valence-corrected chi connectivity index (χ4v) is 3.82. The smallest absolute Gasteiger partial charge is 0.127 e. The van der Waals surface area contributed by atoms with Crippen LogP contribution in [0, 0.1) is 0 Å². The van der Waals surface area contributed by atoms with Crippen molar-refractivity contribution in [2.45, 2.75) is 76.0 Å². The number of ether oxygens (including phenoxy) is 1. The normalized spacial score (nSPS) is 12.4. The summed E-state index contributed by atoms with van der Waals surface area (Å²) in [5.41, 5.74) is 0. The van der Waals surface area contributed by atoms with E-state index in [0.717, 1.165) is 22.9 Å². The molecule has 0 N–H and O–H groups in total. The van der Waals surface area contributed by atoms with Crippen LogP contribution in [0.3, 0.4) is 0 Å². The van der Waals surface area contributed by atoms with Gasteiger partial charge in [0.15, 0.2) is 0 Å². The van der Waals surface area contributed by atoms with Crippen molar-refractivity contribution in [1.82, 2.24) is 0 Å². The van der Waals surface area contributed by atoms with Crippen molar-refractivity contribution in [3.63, 3.8) is 0 Å². The van der Waals surface area contributed by atoms with Crippen molar-refractivity contribution < 1.29 is 13.5 Å². The van der Waals surface area contributed by atoms with Crippen LogP contribution in [-0.2, 0) is 11.1 Å². The molecule has 3 nitrogen and oxygen atoms in total. The maximum atomic E-state index is 11.3. The van der Waals surface area contributed by atoms with Crippen LogP contribution in [-0.4, -0.2) is 15.4 Å². The molecular weight excluding hydrogens is 344 g/mol. The molecule has 0 aliphatic carbocycles. The summed E-state index contributed by atoms with van der Waals surface area (Å²) >= 11 is -2.23. The van der Waals surface area contributed by atoms with Crippen LogP contribution in [0.4, 0.5) is 0 Å². The second-order valence-electron chi connectivity index (χ2n) is 6.87. The van der Waals surface area contributed by atoms with Crippen molar-refractivity contribution in [2.75, 3.05) is 6.61 Å². The van der Waals surface area contributed by atoms with E-state index in [4.69, 9.17) is 4.74 Å². The molecule has 0 aliphatic heterocycles. The number of fused-ring (bicyclic) bond motifs is 1. The quantitative estimate of drug-likeness (QED) is 0.301. The van der Waals surface area contributed by atoms with Crippen LogP contribution in [0.1, 0.15) is 71.1 Å². The summed E-state index contributed by atoms with van der Waals surface area (Å²) in [4.78, 5) is 0.326. The number of hydrogen-bond donors (Lipinski definition) is 0. The molecule has 4 heteroatoms. The lowest BCUT2D eigenvalue weighted by Gasteiger charge is -2.13. The Morgan fingerprint density at radius 2 is 1.38 bits per heavy atom. The fourth-order valence-electron chi connectivity index (χ4n) is 3.29. The Hall–Kier alpha value is -1.39. The number of rotatable bonds is 13. The first-order valence-corrected chi connectivity index (χ1v) is 11.1. The van der Waals surface area contributed by atoms with E-state index >= 15 is 0 Å². The average molecular weight is 376 g/mol. The largest absolute Gasteiger partial charge is 0.768 e. The summed E-state index contributed by atoms with van der Waals surface area (Å²) in [6.07, 6.45) is 13.0. The van der Waals surface area contributed by atoms with Gasteiger partial charge in [0.1, 0.15) is 5.75 Å². The van der Waals surface area contributed by atoms with Gasteiger partial charge in [-0.15, -0.1) is 0 Å². The first kappa shape index (κ1) is 20.9. The molecule has 0 spiro atoms. The van der Waals surface area contributed by atoms with Gasteiger partial charge < -0.3 is 9.29 Å². The molecule has 0 aromatic heterocycles. The Morgan fingerprint density at radius 3 is 2.00 bits per heavy atom. The average Bonchev–Trinajstić information content (AvgIpc) is 2.65. The van der Waals surface area contributed by atoms with E-state index in [0.29, 0.717) is 11.5 Å². The van der Waals surface area contributed by atoms with Gasteiger partial charge in [0.25, 0.3) is 0 Å². The van der Waals surface area contributed by atoms with Gasteiger partial charge in [-0.2, -0.15) is 0 Å². The van der Waals surface area contributed by atoms with Gasteiger partial charge in [-0.1, -0.05) is 89.0 Å². The van der Waals surface area contributed by atoms with Crippen LogP contribution >= 0.6 is 0 Å². The van der Waals surface area contributed by atoms with Gasteiger partial charge in [0.05, 0.1) is 6.61 Å². The van der Waals surface area contributed by atoms with E-state index in [-0.39, 0.29) is 0 Å². The van der Waals surface area contributed by atoms with Crippen molar-refractivity contribution in [3.8, 4) is 5.75 Å². The Labute approximate surface area is 160 Å². The van der Waals surface area contributed by atoms with E-state index in [1.807, 2.05) is 24.3 Å². The number of hydrogen-bond acceptors (Lipinski definition) is 3. The Kier molecular flexibility index (Phi) is 9.72. The molecule has 0 saturated heterocycles. The van der Waals surface area contributed by atoms with Gasteiger partial charge >= 0.3 is 0 Å². The lowest BCUT2D eigenvalue weighted by Crippen LogP contribution is -1.99. The summed E-state index contributed by atoms with van der Waals surface area (Å²) in [7, 11) is 0. The zero-order chi connectivity index (χ0) is 18.6. The fraction of sp³-hybridized carbons (Fsp3) is 0.545. The van der Waals surface area contributed by atoms with Gasteiger partial charge in [-0.25, -0.2) is 0 Å². The Morgan fingerprint density at radius 1 is 0.808 bits per heavy atom. The lowest BCUT2D eigenvalue weighted by molar-refractivity contribution is 0.307. The first-order chi connectivity index (χ1) is 12.7. The Bertz CT molecular complexity index is 684. The maximum absolute atomic E-state index is 11.3. The molecular formula is C22H31O3S-. The highest BCUT2D eigenvalue weighted by atomic mass is 32.2. The van der Waals surface area contributed by atoms with Crippen LogP contribution < -0.4 is 4.74 Å². The molecule has 144 valence electrons. The monoisotopic (exact) mass is 375 g/mol. The molecule has 2 rings (SSSR count). The number of unbranched alkanes of at least 4 members (excludes halogenated alkanes) is 9. The highest BCUT2D eigenvalue weighted by Gasteiger charge is 2.07. The molecule has 2 aromatic carbocycles. The molecule has 0 bridgehead atoms. The third kappa shape index (κ3) is 6.73. The third-order valence-corrected chi connectivity index (χ3v) is 5.49. The zero-order valence-electron chi connectivity index (χ0n) is 15.9. The number of benzene rings is 2. The molecule has 1 atom stereocenters. The van der Waals surface area contributed by atoms with E-state index in [1.165, 1.54) is 57.8 Å². The molecule has 0 radical (unpaired) electrons. The van der Waals surface area contributed by atoms with Gasteiger partial charge in [0, 0.05) is 15.7 Å². The molecule has 0 aliphatic rings. The lowest BCUT2D eigenvalue weighted by atomic mass is 10.1. The van der Waals surface area contributed by atoms with E-state index in [9.17, 15) is 8.76 Å². The molecule has 0 amide bonds. The van der Waals surface area contributed by atoms with Gasteiger partial charge in [0.2, 0.25) is 0 Å². The van der Waals surface area contributed by atoms with Crippen molar-refractivity contribution in [3.05, 3.63) is 36.4 Å². The minimum Gasteiger partial charge on any atom is -0.768 e. The van der Waals surface area contributed by atoms with E-state index in [1.54, 1.807) is 12.1 Å². The third-order valence-electron chi connectivity index (χ3n) is 4.78. The van der Waals surface area contributed by atoms with Crippen LogP contribution in [0.2, 0.25) is 0 Å². The predicted molar refractivity (Wildman–Crippen MR) is 108 cm³/mol. The summed E-state index contributed by atoms with van der Waals surface area (Å²) in [6.45, 7) is 2.93. The highest BCUT2D eigenvalue weighted by Crippen LogP contribution is 2.30. The Balaban J connectivity index is 1.69.